The van der Waals surface area contributed by atoms with Crippen molar-refractivity contribution in [3.63, 3.8) is 0 Å². The Bertz CT molecular complexity index is 703. The van der Waals surface area contributed by atoms with Gasteiger partial charge in [0.1, 0.15) is 17.2 Å². The predicted octanol–water partition coefficient (Wildman–Crippen LogP) is 0.571. The van der Waals surface area contributed by atoms with Crippen LogP contribution < -0.4 is 0 Å². The molecule has 2 N–H and O–H groups in total. The standard InChI is InChI=1S/C16H17NO6/c1-3-4-8-5-6-10(18)14(21)16(8)9-7-11(19)13(20)12(9)17(23-2)15(16)22/h4-6,9,14,20-21H,3,7H2,1-2H3/b8-4-/t9-,14-,16?/m1/s1. The smallest absolute Gasteiger partial charge is 0.265 e. The molecule has 1 aliphatic heterocycles. The number of carbonyl (C=O) groups is 3. The topological polar surface area (TPSA) is 104 Å². The highest BCUT2D eigenvalue weighted by Gasteiger charge is 2.68. The number of aliphatic hydroxyl groups is 2. The van der Waals surface area contributed by atoms with Crippen molar-refractivity contribution < 1.29 is 29.4 Å². The van der Waals surface area contributed by atoms with Gasteiger partial charge in [-0.15, -0.1) is 0 Å². The van der Waals surface area contributed by atoms with Crippen molar-refractivity contribution in [3.8, 4) is 0 Å². The lowest BCUT2D eigenvalue weighted by molar-refractivity contribution is -0.172. The number of hydroxylamine groups is 2. The van der Waals surface area contributed by atoms with Gasteiger partial charge in [-0.05, 0) is 18.1 Å². The summed E-state index contributed by atoms with van der Waals surface area (Å²) >= 11 is 0. The number of rotatable bonds is 2. The second-order valence-corrected chi connectivity index (χ2v) is 5.77. The van der Waals surface area contributed by atoms with Gasteiger partial charge in [-0.2, -0.15) is 5.06 Å². The first-order valence-electron chi connectivity index (χ1n) is 7.36. The van der Waals surface area contributed by atoms with Crippen LogP contribution in [0.15, 0.2) is 35.3 Å². The summed E-state index contributed by atoms with van der Waals surface area (Å²) in [6.45, 7) is 1.86. The second-order valence-electron chi connectivity index (χ2n) is 5.77. The molecule has 7 nitrogen and oxygen atoms in total. The SMILES string of the molecule is CC/C=C1/C=CC(=O)[C@@H](O)C12C(=O)N(OC)C1=C(O)C(=O)C[C@H]12. The number of nitrogens with zero attached hydrogens (tertiary/aromatic N) is 1. The maximum Gasteiger partial charge on any atom is 0.265 e. The molecule has 0 radical (unpaired) electrons. The molecule has 0 saturated carbocycles. The number of ketones is 2. The van der Waals surface area contributed by atoms with Crippen molar-refractivity contribution in [3.05, 3.63) is 35.3 Å². The molecule has 3 aliphatic rings. The third kappa shape index (κ3) is 1.74. The zero-order valence-electron chi connectivity index (χ0n) is 12.8. The van der Waals surface area contributed by atoms with Crippen LogP contribution in [0.4, 0.5) is 0 Å². The van der Waals surface area contributed by atoms with Crippen LogP contribution >= 0.6 is 0 Å². The average Bonchev–Trinajstić information content (AvgIpc) is 2.94. The van der Waals surface area contributed by atoms with Crippen molar-refractivity contribution in [2.24, 2.45) is 11.3 Å². The Kier molecular flexibility index (Phi) is 3.50. The van der Waals surface area contributed by atoms with Crippen LogP contribution in [0.3, 0.4) is 0 Å². The van der Waals surface area contributed by atoms with E-state index in [0.717, 1.165) is 5.06 Å². The minimum absolute atomic E-state index is 0.0200. The molecule has 0 bridgehead atoms. The van der Waals surface area contributed by atoms with Gasteiger partial charge in [0.25, 0.3) is 5.91 Å². The molecule has 1 spiro atoms. The maximum absolute atomic E-state index is 13.0. The molecule has 3 rings (SSSR count). The van der Waals surface area contributed by atoms with E-state index in [1.807, 2.05) is 6.92 Å². The highest BCUT2D eigenvalue weighted by molar-refractivity contribution is 6.08. The van der Waals surface area contributed by atoms with Crippen molar-refractivity contribution >= 4 is 17.5 Å². The monoisotopic (exact) mass is 319 g/mol. The highest BCUT2D eigenvalue weighted by atomic mass is 16.7. The van der Waals surface area contributed by atoms with Crippen LogP contribution in [-0.2, 0) is 19.2 Å². The Balaban J connectivity index is 2.30. The fourth-order valence-electron chi connectivity index (χ4n) is 3.78. The molecule has 1 fully saturated rings. The minimum atomic E-state index is -1.63. The molecular formula is C16H17NO6. The Labute approximate surface area is 132 Å². The summed E-state index contributed by atoms with van der Waals surface area (Å²) in [7, 11) is 1.23. The molecule has 2 aliphatic carbocycles. The lowest BCUT2D eigenvalue weighted by Gasteiger charge is -2.38. The van der Waals surface area contributed by atoms with E-state index in [1.165, 1.54) is 19.3 Å². The van der Waals surface area contributed by atoms with Gasteiger partial charge in [-0.3, -0.25) is 19.2 Å². The summed E-state index contributed by atoms with van der Waals surface area (Å²) in [5, 5.41) is 21.4. The Morgan fingerprint density at radius 2 is 2.09 bits per heavy atom. The number of carbonyl (C=O) groups excluding carboxylic acids is 3. The van der Waals surface area contributed by atoms with Gasteiger partial charge in [0.15, 0.2) is 17.3 Å². The molecule has 7 heteroatoms. The van der Waals surface area contributed by atoms with Crippen LogP contribution in [0, 0.1) is 11.3 Å². The van der Waals surface area contributed by atoms with Crippen molar-refractivity contribution in [1.29, 1.82) is 0 Å². The quantitative estimate of drug-likeness (QED) is 0.771. The Morgan fingerprint density at radius 1 is 1.39 bits per heavy atom. The van der Waals surface area contributed by atoms with Crippen LogP contribution in [0.5, 0.6) is 0 Å². The van der Waals surface area contributed by atoms with Gasteiger partial charge < -0.3 is 10.2 Å². The van der Waals surface area contributed by atoms with Crippen molar-refractivity contribution in [2.45, 2.75) is 25.9 Å². The Morgan fingerprint density at radius 3 is 2.70 bits per heavy atom. The van der Waals surface area contributed by atoms with E-state index in [9.17, 15) is 24.6 Å². The molecule has 122 valence electrons. The number of aliphatic hydroxyl groups excluding tert-OH is 2. The molecule has 0 aromatic carbocycles. The fraction of sp³-hybridized carbons (Fsp3) is 0.438. The summed E-state index contributed by atoms with van der Waals surface area (Å²) in [4.78, 5) is 42.0. The first-order chi connectivity index (χ1) is 10.9. The lowest BCUT2D eigenvalue weighted by atomic mass is 9.63. The number of hydrogen-bond acceptors (Lipinski definition) is 6. The number of fused-ring (bicyclic) bond motifs is 2. The van der Waals surface area contributed by atoms with E-state index >= 15 is 0 Å². The largest absolute Gasteiger partial charge is 0.503 e. The van der Waals surface area contributed by atoms with E-state index in [1.54, 1.807) is 6.08 Å². The molecule has 1 amide bonds. The minimum Gasteiger partial charge on any atom is -0.503 e. The summed E-state index contributed by atoms with van der Waals surface area (Å²) in [6, 6.07) is 0. The van der Waals surface area contributed by atoms with Gasteiger partial charge in [0, 0.05) is 12.3 Å². The molecule has 23 heavy (non-hydrogen) atoms. The fourth-order valence-corrected chi connectivity index (χ4v) is 3.78. The van der Waals surface area contributed by atoms with Gasteiger partial charge in [0.2, 0.25) is 0 Å². The van der Waals surface area contributed by atoms with Gasteiger partial charge >= 0.3 is 0 Å². The van der Waals surface area contributed by atoms with Crippen LogP contribution in [0.1, 0.15) is 19.8 Å². The number of Topliss-reactive ketones (excluding diaryl/α,β-unsaturated/α-hetero) is 1. The molecule has 1 unspecified atom stereocenters. The Hall–Kier alpha value is -2.25. The van der Waals surface area contributed by atoms with Gasteiger partial charge in [-0.25, -0.2) is 0 Å². The summed E-state index contributed by atoms with van der Waals surface area (Å²) in [6.07, 6.45) is 3.24. The van der Waals surface area contributed by atoms with Crippen molar-refractivity contribution in [1.82, 2.24) is 5.06 Å². The summed E-state index contributed by atoms with van der Waals surface area (Å²) in [5.74, 6) is -3.17. The van der Waals surface area contributed by atoms with Crippen LogP contribution in [-0.4, -0.2) is 46.0 Å². The first-order valence-corrected chi connectivity index (χ1v) is 7.36. The van der Waals surface area contributed by atoms with Crippen LogP contribution in [0.25, 0.3) is 0 Å². The highest BCUT2D eigenvalue weighted by Crippen LogP contribution is 2.57. The zero-order chi connectivity index (χ0) is 16.9. The van der Waals surface area contributed by atoms with Gasteiger partial charge in [-0.1, -0.05) is 19.1 Å². The third-order valence-corrected chi connectivity index (χ3v) is 4.75. The number of allylic oxidation sites excluding steroid dienone is 4. The first kappa shape index (κ1) is 15.6. The summed E-state index contributed by atoms with van der Waals surface area (Å²) < 4.78 is 0. The molecular weight excluding hydrogens is 302 g/mol. The predicted molar refractivity (Wildman–Crippen MR) is 77.6 cm³/mol. The molecule has 1 saturated heterocycles. The van der Waals surface area contributed by atoms with Crippen molar-refractivity contribution in [2.75, 3.05) is 7.11 Å². The average molecular weight is 319 g/mol. The zero-order valence-corrected chi connectivity index (χ0v) is 12.8. The van der Waals surface area contributed by atoms with E-state index < -0.39 is 40.7 Å². The molecule has 3 atom stereocenters. The second kappa shape index (κ2) is 5.14. The lowest BCUT2D eigenvalue weighted by Crippen LogP contribution is -2.52. The van der Waals surface area contributed by atoms with Crippen LogP contribution in [0.2, 0.25) is 0 Å². The van der Waals surface area contributed by atoms with Gasteiger partial charge in [0.05, 0.1) is 7.11 Å². The van der Waals surface area contributed by atoms with E-state index in [4.69, 9.17) is 4.84 Å². The summed E-state index contributed by atoms with van der Waals surface area (Å²) in [5.41, 5.74) is -1.15. The maximum atomic E-state index is 13.0. The number of hydrogen-bond donors (Lipinski definition) is 2. The molecule has 1 heterocycles. The molecule has 0 aromatic heterocycles. The number of amides is 1. The molecule has 0 aromatic rings. The third-order valence-electron chi connectivity index (χ3n) is 4.75. The van der Waals surface area contributed by atoms with E-state index in [2.05, 4.69) is 0 Å². The van der Waals surface area contributed by atoms with E-state index in [-0.39, 0.29) is 12.1 Å². The van der Waals surface area contributed by atoms with E-state index in [0.29, 0.717) is 12.0 Å². The normalized spacial score (nSPS) is 35.2.